The van der Waals surface area contributed by atoms with Crippen molar-refractivity contribution < 1.29 is 0 Å². The van der Waals surface area contributed by atoms with Crippen LogP contribution in [-0.2, 0) is 0 Å². The molecule has 4 heteroatoms. The second kappa shape index (κ2) is 5.30. The average Bonchev–Trinajstić information content (AvgIpc) is 3.02. The van der Waals surface area contributed by atoms with Crippen molar-refractivity contribution >= 4 is 23.5 Å². The van der Waals surface area contributed by atoms with Crippen LogP contribution in [0, 0.1) is 5.92 Å². The van der Waals surface area contributed by atoms with Gasteiger partial charge in [0.25, 0.3) is 0 Å². The minimum Gasteiger partial charge on any atom is -0.271 e. The third-order valence-corrected chi connectivity index (χ3v) is 7.07. The largest absolute Gasteiger partial charge is 0.271 e. The summed E-state index contributed by atoms with van der Waals surface area (Å²) >= 11 is 4.24. The predicted molar refractivity (Wildman–Crippen MR) is 71.2 cm³/mol. The maximum absolute atomic E-state index is 5.69. The molecule has 2 fully saturated rings. The summed E-state index contributed by atoms with van der Waals surface area (Å²) < 4.78 is 0. The molecule has 0 radical (unpaired) electrons. The van der Waals surface area contributed by atoms with E-state index in [1.807, 2.05) is 0 Å². The van der Waals surface area contributed by atoms with Gasteiger partial charge in [0.05, 0.1) is 0 Å². The van der Waals surface area contributed by atoms with E-state index in [1.54, 1.807) is 0 Å². The molecule has 88 valence electrons. The van der Waals surface area contributed by atoms with E-state index in [9.17, 15) is 0 Å². The molecule has 1 heterocycles. The number of thioether (sulfide) groups is 2. The fourth-order valence-electron chi connectivity index (χ4n) is 2.06. The Labute approximate surface area is 101 Å². The van der Waals surface area contributed by atoms with Gasteiger partial charge in [0.15, 0.2) is 0 Å². The Bertz CT molecular complexity index is 209. The summed E-state index contributed by atoms with van der Waals surface area (Å²) in [7, 11) is 0. The van der Waals surface area contributed by atoms with Crippen LogP contribution in [0.25, 0.3) is 0 Å². The van der Waals surface area contributed by atoms with E-state index < -0.39 is 0 Å². The van der Waals surface area contributed by atoms with Gasteiger partial charge in [-0.05, 0) is 12.3 Å². The van der Waals surface area contributed by atoms with Crippen LogP contribution in [0.1, 0.15) is 33.1 Å². The topological polar surface area (TPSA) is 38.0 Å². The van der Waals surface area contributed by atoms with E-state index in [0.717, 1.165) is 16.4 Å². The molecule has 2 aliphatic rings. The van der Waals surface area contributed by atoms with Crippen molar-refractivity contribution in [1.82, 2.24) is 5.43 Å². The van der Waals surface area contributed by atoms with E-state index in [-0.39, 0.29) is 0 Å². The summed E-state index contributed by atoms with van der Waals surface area (Å²) in [5.41, 5.74) is 3.04. The van der Waals surface area contributed by atoms with Crippen LogP contribution in [0.15, 0.2) is 0 Å². The highest BCUT2D eigenvalue weighted by molar-refractivity contribution is 8.07. The highest BCUT2D eigenvalue weighted by atomic mass is 32.2. The highest BCUT2D eigenvalue weighted by Crippen LogP contribution is 2.41. The molecule has 2 nitrogen and oxygen atoms in total. The zero-order valence-electron chi connectivity index (χ0n) is 9.61. The molecule has 1 aliphatic heterocycles. The lowest BCUT2D eigenvalue weighted by atomic mass is 10.1. The number of hydrogen-bond donors (Lipinski definition) is 2. The Kier molecular flexibility index (Phi) is 4.27. The first kappa shape index (κ1) is 12.1. The van der Waals surface area contributed by atoms with Gasteiger partial charge in [-0.1, -0.05) is 26.7 Å². The van der Waals surface area contributed by atoms with Crippen molar-refractivity contribution in [2.24, 2.45) is 11.8 Å². The normalized spacial score (nSPS) is 39.0. The molecule has 4 unspecified atom stereocenters. The fourth-order valence-corrected chi connectivity index (χ4v) is 5.19. The average molecular weight is 246 g/mol. The number of nitrogens with one attached hydrogen (secondary N) is 1. The van der Waals surface area contributed by atoms with E-state index in [1.165, 1.54) is 25.0 Å². The summed E-state index contributed by atoms with van der Waals surface area (Å²) in [6.07, 6.45) is 4.14. The van der Waals surface area contributed by atoms with Crippen LogP contribution >= 0.6 is 23.5 Å². The van der Waals surface area contributed by atoms with Gasteiger partial charge in [-0.25, -0.2) is 0 Å². The quantitative estimate of drug-likeness (QED) is 0.589. The van der Waals surface area contributed by atoms with Crippen molar-refractivity contribution in [2.45, 2.75) is 54.9 Å². The standard InChI is InChI=1S/C11H22N2S2/c1-7-8(2)15-11(6-14-7)10(13-12)5-9-3-4-9/h7-11,13H,3-6,12H2,1-2H3. The van der Waals surface area contributed by atoms with Gasteiger partial charge in [0.1, 0.15) is 0 Å². The molecule has 0 spiro atoms. The van der Waals surface area contributed by atoms with Gasteiger partial charge in [0, 0.05) is 27.5 Å². The molecule has 1 aliphatic carbocycles. The number of hydrazine groups is 1. The first-order valence-electron chi connectivity index (χ1n) is 5.94. The van der Waals surface area contributed by atoms with Crippen LogP contribution in [-0.4, -0.2) is 27.5 Å². The zero-order chi connectivity index (χ0) is 10.8. The van der Waals surface area contributed by atoms with Gasteiger partial charge in [0.2, 0.25) is 0 Å². The number of rotatable bonds is 4. The third-order valence-electron chi connectivity index (χ3n) is 3.52. The molecule has 15 heavy (non-hydrogen) atoms. The van der Waals surface area contributed by atoms with E-state index in [2.05, 4.69) is 42.8 Å². The SMILES string of the molecule is CC1SCC(C(CC2CC2)NN)SC1C. The van der Waals surface area contributed by atoms with Crippen molar-refractivity contribution in [3.63, 3.8) is 0 Å². The van der Waals surface area contributed by atoms with Crippen molar-refractivity contribution in [3.05, 3.63) is 0 Å². The lowest BCUT2D eigenvalue weighted by Gasteiger charge is -2.35. The Morgan fingerprint density at radius 1 is 1.33 bits per heavy atom. The maximum atomic E-state index is 5.69. The Balaban J connectivity index is 1.84. The second-order valence-electron chi connectivity index (χ2n) is 4.87. The van der Waals surface area contributed by atoms with Crippen LogP contribution in [0.3, 0.4) is 0 Å². The van der Waals surface area contributed by atoms with Gasteiger partial charge < -0.3 is 0 Å². The molecule has 4 atom stereocenters. The van der Waals surface area contributed by atoms with Gasteiger partial charge >= 0.3 is 0 Å². The molecule has 0 amide bonds. The smallest absolute Gasteiger partial charge is 0.0340 e. The van der Waals surface area contributed by atoms with E-state index >= 15 is 0 Å². The van der Waals surface area contributed by atoms with E-state index in [0.29, 0.717) is 11.3 Å². The molecule has 3 N–H and O–H groups in total. The highest BCUT2D eigenvalue weighted by Gasteiger charge is 2.34. The summed E-state index contributed by atoms with van der Waals surface area (Å²) in [6.45, 7) is 4.68. The molecule has 1 saturated carbocycles. The van der Waals surface area contributed by atoms with Gasteiger partial charge in [-0.15, -0.1) is 0 Å². The Morgan fingerprint density at radius 2 is 2.07 bits per heavy atom. The summed E-state index contributed by atoms with van der Waals surface area (Å²) in [5.74, 6) is 7.91. The van der Waals surface area contributed by atoms with Crippen molar-refractivity contribution in [2.75, 3.05) is 5.75 Å². The third kappa shape index (κ3) is 3.29. The van der Waals surface area contributed by atoms with E-state index in [4.69, 9.17) is 5.84 Å². The molecular weight excluding hydrogens is 224 g/mol. The number of nitrogens with two attached hydrogens (primary N) is 1. The molecule has 2 rings (SSSR count). The van der Waals surface area contributed by atoms with Gasteiger partial charge in [-0.2, -0.15) is 23.5 Å². The van der Waals surface area contributed by atoms with Gasteiger partial charge in [-0.3, -0.25) is 11.3 Å². The second-order valence-corrected chi connectivity index (χ2v) is 7.90. The lowest BCUT2D eigenvalue weighted by molar-refractivity contribution is 0.465. The molecule has 0 aromatic carbocycles. The molecule has 0 bridgehead atoms. The minimum atomic E-state index is 0.532. The Hall–Kier alpha value is 0.620. The van der Waals surface area contributed by atoms with Crippen LogP contribution in [0.2, 0.25) is 0 Å². The van der Waals surface area contributed by atoms with Crippen LogP contribution in [0.4, 0.5) is 0 Å². The summed E-state index contributed by atoms with van der Waals surface area (Å²) in [5, 5.41) is 2.28. The maximum Gasteiger partial charge on any atom is 0.0340 e. The summed E-state index contributed by atoms with van der Waals surface area (Å²) in [4.78, 5) is 0. The first-order valence-corrected chi connectivity index (χ1v) is 7.93. The van der Waals surface area contributed by atoms with Crippen molar-refractivity contribution in [1.29, 1.82) is 0 Å². The lowest BCUT2D eigenvalue weighted by Crippen LogP contribution is -2.46. The molecule has 0 aromatic heterocycles. The summed E-state index contributed by atoms with van der Waals surface area (Å²) in [6, 6.07) is 0.532. The minimum absolute atomic E-state index is 0.532. The van der Waals surface area contributed by atoms with Crippen molar-refractivity contribution in [3.8, 4) is 0 Å². The molecular formula is C11H22N2S2. The first-order chi connectivity index (χ1) is 7.20. The number of hydrogen-bond acceptors (Lipinski definition) is 4. The monoisotopic (exact) mass is 246 g/mol. The molecule has 0 aromatic rings. The zero-order valence-corrected chi connectivity index (χ0v) is 11.2. The fraction of sp³-hybridized carbons (Fsp3) is 1.00. The van der Waals surface area contributed by atoms with Crippen LogP contribution in [0.5, 0.6) is 0 Å². The van der Waals surface area contributed by atoms with Crippen LogP contribution < -0.4 is 11.3 Å². The molecule has 1 saturated heterocycles. The predicted octanol–water partition coefficient (Wildman–Crippen LogP) is 2.24. The Morgan fingerprint density at radius 3 is 2.60 bits per heavy atom.